The highest BCUT2D eigenvalue weighted by atomic mass is 15.2. The van der Waals surface area contributed by atoms with E-state index in [0.717, 1.165) is 32.9 Å². The van der Waals surface area contributed by atoms with E-state index >= 15 is 0 Å². The van der Waals surface area contributed by atoms with Crippen LogP contribution in [-0.2, 0) is 0 Å². The highest BCUT2D eigenvalue weighted by Crippen LogP contribution is 2.41. The zero-order valence-electron chi connectivity index (χ0n) is 20.4. The summed E-state index contributed by atoms with van der Waals surface area (Å²) in [6, 6.07) is 43.2. The number of benzene rings is 6. The van der Waals surface area contributed by atoms with E-state index in [1.807, 2.05) is 133 Å². The Morgan fingerprint density at radius 3 is 1.13 bits per heavy atom. The molecule has 0 aliphatic rings. The molecule has 0 unspecified atom stereocenters. The molecule has 0 radical (unpaired) electrons. The monoisotopic (exact) mass is 490 g/mol. The number of hydrogen-bond donors (Lipinski definition) is 0. The maximum atomic E-state index is 4.63. The van der Waals surface area contributed by atoms with E-state index in [1.54, 1.807) is 0 Å². The lowest BCUT2D eigenvalue weighted by molar-refractivity contribution is 1.18. The van der Waals surface area contributed by atoms with Crippen molar-refractivity contribution in [3.8, 4) is 0 Å². The molecule has 0 fully saturated rings. The van der Waals surface area contributed by atoms with Crippen LogP contribution in [0.25, 0.3) is 21.5 Å². The summed E-state index contributed by atoms with van der Waals surface area (Å²) >= 11 is 0. The lowest BCUT2D eigenvalue weighted by Gasteiger charge is -2.06. The largest absolute Gasteiger partial charge is 0.150 e. The zero-order valence-corrected chi connectivity index (χ0v) is 20.4. The summed E-state index contributed by atoms with van der Waals surface area (Å²) in [5, 5.41) is 31.4. The number of fused-ring (bicyclic) bond motifs is 2. The van der Waals surface area contributed by atoms with Crippen LogP contribution in [0.3, 0.4) is 0 Å². The molecule has 0 saturated heterocycles. The van der Waals surface area contributed by atoms with Crippen molar-refractivity contribution in [2.45, 2.75) is 0 Å². The van der Waals surface area contributed by atoms with Gasteiger partial charge in [-0.3, -0.25) is 0 Å². The van der Waals surface area contributed by atoms with Gasteiger partial charge in [0, 0.05) is 10.8 Å². The molecule has 6 heteroatoms. The highest BCUT2D eigenvalue weighted by Gasteiger charge is 2.10. The molecule has 0 amide bonds. The molecule has 180 valence electrons. The zero-order chi connectivity index (χ0) is 25.6. The lowest BCUT2D eigenvalue weighted by atomic mass is 10.1. The molecule has 0 N–H and O–H groups in total. The van der Waals surface area contributed by atoms with Gasteiger partial charge in [-0.05, 0) is 47.2 Å². The first-order chi connectivity index (χ1) is 18.8. The molecule has 0 aromatic heterocycles. The normalized spacial score (nSPS) is 11.9. The number of azo groups is 3. The summed E-state index contributed by atoms with van der Waals surface area (Å²) in [4.78, 5) is 0. The Bertz CT molecular complexity index is 1670. The Balaban J connectivity index is 1.45. The van der Waals surface area contributed by atoms with Crippen molar-refractivity contribution in [2.24, 2.45) is 30.7 Å². The molecular formula is C32H22N6. The third-order valence-electron chi connectivity index (χ3n) is 6.07. The molecule has 0 atom stereocenters. The van der Waals surface area contributed by atoms with Gasteiger partial charge in [0.15, 0.2) is 0 Å². The van der Waals surface area contributed by atoms with Crippen molar-refractivity contribution in [3.05, 3.63) is 133 Å². The highest BCUT2D eigenvalue weighted by molar-refractivity contribution is 5.99. The fourth-order valence-electron chi connectivity index (χ4n) is 4.17. The maximum absolute atomic E-state index is 4.63. The predicted octanol–water partition coefficient (Wildman–Crippen LogP) is 11.2. The molecular weight excluding hydrogens is 468 g/mol. The molecule has 6 rings (SSSR count). The second kappa shape index (κ2) is 10.7. The fraction of sp³-hybridized carbons (Fsp3) is 0. The Morgan fingerprint density at radius 1 is 0.289 bits per heavy atom. The Morgan fingerprint density at radius 2 is 0.684 bits per heavy atom. The van der Waals surface area contributed by atoms with Gasteiger partial charge in [-0.1, -0.05) is 97.1 Å². The fourth-order valence-corrected chi connectivity index (χ4v) is 4.17. The predicted molar refractivity (Wildman–Crippen MR) is 153 cm³/mol. The molecule has 0 aliphatic carbocycles. The van der Waals surface area contributed by atoms with Crippen LogP contribution in [-0.4, -0.2) is 0 Å². The summed E-state index contributed by atoms with van der Waals surface area (Å²) in [6.45, 7) is 0. The Labute approximate surface area is 219 Å². The lowest BCUT2D eigenvalue weighted by Crippen LogP contribution is -1.77. The minimum atomic E-state index is 0.613. The van der Waals surface area contributed by atoms with Crippen LogP contribution in [0.15, 0.2) is 164 Å². The van der Waals surface area contributed by atoms with Gasteiger partial charge in [0.1, 0.15) is 22.7 Å². The third kappa shape index (κ3) is 4.96. The molecule has 6 nitrogen and oxygen atoms in total. The van der Waals surface area contributed by atoms with E-state index in [1.165, 1.54) is 0 Å². The second-order valence-electron chi connectivity index (χ2n) is 8.58. The van der Waals surface area contributed by atoms with Crippen LogP contribution in [0.5, 0.6) is 0 Å². The Hall–Kier alpha value is -5.36. The van der Waals surface area contributed by atoms with Crippen LogP contribution in [0.4, 0.5) is 34.1 Å². The van der Waals surface area contributed by atoms with E-state index in [2.05, 4.69) is 30.7 Å². The van der Waals surface area contributed by atoms with Crippen LogP contribution < -0.4 is 0 Å². The molecule has 0 aliphatic heterocycles. The van der Waals surface area contributed by atoms with E-state index in [-0.39, 0.29) is 0 Å². The van der Waals surface area contributed by atoms with E-state index in [0.29, 0.717) is 22.7 Å². The summed E-state index contributed by atoms with van der Waals surface area (Å²) in [5.74, 6) is 0. The van der Waals surface area contributed by atoms with Gasteiger partial charge in [0.05, 0.1) is 11.4 Å². The first kappa shape index (κ1) is 23.1. The first-order valence-corrected chi connectivity index (χ1v) is 12.2. The van der Waals surface area contributed by atoms with Crippen LogP contribution in [0.2, 0.25) is 0 Å². The maximum Gasteiger partial charge on any atom is 0.121 e. The topological polar surface area (TPSA) is 74.2 Å². The SMILES string of the molecule is c1ccc(N=Nc2c(N=Nc3ccc4ccccc4c3N=Nc3ccccc3)ccc3ccccc23)cc1. The second-order valence-corrected chi connectivity index (χ2v) is 8.58. The van der Waals surface area contributed by atoms with Gasteiger partial charge in [-0.15, -0.1) is 20.5 Å². The summed E-state index contributed by atoms with van der Waals surface area (Å²) in [6.07, 6.45) is 0. The van der Waals surface area contributed by atoms with Gasteiger partial charge in [0.25, 0.3) is 0 Å². The summed E-state index contributed by atoms with van der Waals surface area (Å²) < 4.78 is 0. The molecule has 0 heterocycles. The van der Waals surface area contributed by atoms with Crippen LogP contribution in [0, 0.1) is 0 Å². The minimum Gasteiger partial charge on any atom is -0.150 e. The van der Waals surface area contributed by atoms with Gasteiger partial charge in [-0.25, -0.2) is 0 Å². The number of hydrogen-bond acceptors (Lipinski definition) is 6. The summed E-state index contributed by atoms with van der Waals surface area (Å²) in [7, 11) is 0. The van der Waals surface area contributed by atoms with Gasteiger partial charge >= 0.3 is 0 Å². The van der Waals surface area contributed by atoms with Crippen LogP contribution >= 0.6 is 0 Å². The average molecular weight is 491 g/mol. The summed E-state index contributed by atoms with van der Waals surface area (Å²) in [5.41, 5.74) is 4.07. The van der Waals surface area contributed by atoms with Gasteiger partial charge in [-0.2, -0.15) is 10.2 Å². The molecule has 6 aromatic rings. The van der Waals surface area contributed by atoms with E-state index in [9.17, 15) is 0 Å². The first-order valence-electron chi connectivity index (χ1n) is 12.2. The average Bonchev–Trinajstić information content (AvgIpc) is 2.99. The van der Waals surface area contributed by atoms with Crippen LogP contribution in [0.1, 0.15) is 0 Å². The van der Waals surface area contributed by atoms with Crippen molar-refractivity contribution >= 4 is 55.7 Å². The standard InChI is InChI=1S/C32H22N6/c1-3-13-25(14-4-1)33-37-31-27-17-9-7-11-23(27)19-21-29(31)35-36-30-22-20-24-12-8-10-18-28(24)32(30)38-34-26-15-5-2-6-16-26/h1-22H. The minimum absolute atomic E-state index is 0.613. The van der Waals surface area contributed by atoms with E-state index in [4.69, 9.17) is 0 Å². The molecule has 6 aromatic carbocycles. The van der Waals surface area contributed by atoms with Crippen molar-refractivity contribution in [1.82, 2.24) is 0 Å². The molecule has 38 heavy (non-hydrogen) atoms. The van der Waals surface area contributed by atoms with Crippen molar-refractivity contribution in [2.75, 3.05) is 0 Å². The molecule has 0 bridgehead atoms. The smallest absolute Gasteiger partial charge is 0.121 e. The third-order valence-corrected chi connectivity index (χ3v) is 6.07. The number of rotatable bonds is 6. The van der Waals surface area contributed by atoms with Crippen molar-refractivity contribution in [1.29, 1.82) is 0 Å². The van der Waals surface area contributed by atoms with E-state index < -0.39 is 0 Å². The molecule has 0 spiro atoms. The van der Waals surface area contributed by atoms with Gasteiger partial charge < -0.3 is 0 Å². The van der Waals surface area contributed by atoms with Crippen molar-refractivity contribution in [3.63, 3.8) is 0 Å². The van der Waals surface area contributed by atoms with Crippen molar-refractivity contribution < 1.29 is 0 Å². The quantitative estimate of drug-likeness (QED) is 0.208. The number of nitrogens with zero attached hydrogens (tertiary/aromatic N) is 6. The Kier molecular flexibility index (Phi) is 6.51. The van der Waals surface area contributed by atoms with Gasteiger partial charge in [0.2, 0.25) is 0 Å². The molecule has 0 saturated carbocycles.